The number of carbonyl (C=O) groups excluding carboxylic acids is 1. The van der Waals surface area contributed by atoms with Crippen molar-refractivity contribution in [3.8, 4) is 0 Å². The number of fused-ring (bicyclic) bond motifs is 1. The molecule has 1 N–H and O–H groups in total. The van der Waals surface area contributed by atoms with Crippen molar-refractivity contribution < 1.29 is 13.6 Å². The van der Waals surface area contributed by atoms with Crippen LogP contribution in [-0.2, 0) is 7.05 Å². The molecule has 0 spiro atoms. The summed E-state index contributed by atoms with van der Waals surface area (Å²) in [4.78, 5) is 17.5. The molecule has 25 heavy (non-hydrogen) atoms. The monoisotopic (exact) mass is 339 g/mol. The van der Waals surface area contributed by atoms with Crippen molar-refractivity contribution in [2.24, 2.45) is 7.05 Å². The Hall–Kier alpha value is -3.02. The lowest BCUT2D eigenvalue weighted by atomic mass is 9.80. The minimum Gasteiger partial charge on any atom is -0.374 e. The summed E-state index contributed by atoms with van der Waals surface area (Å²) in [5.74, 6) is -0.862. The van der Waals surface area contributed by atoms with Gasteiger partial charge in [0.1, 0.15) is 17.5 Å². The van der Waals surface area contributed by atoms with Crippen molar-refractivity contribution in [1.82, 2.24) is 9.55 Å². The van der Waals surface area contributed by atoms with Gasteiger partial charge in [0.15, 0.2) is 5.78 Å². The van der Waals surface area contributed by atoms with E-state index in [0.29, 0.717) is 22.6 Å². The number of carbonyl (C=O) groups is 1. The van der Waals surface area contributed by atoms with Crippen LogP contribution < -0.4 is 5.32 Å². The van der Waals surface area contributed by atoms with E-state index in [1.165, 1.54) is 30.3 Å². The average Bonchev–Trinajstić information content (AvgIpc) is 3.01. The molecule has 0 radical (unpaired) electrons. The SMILES string of the molecule is Cn1ccnc1C1Nc2cc(F)ccc2C(=O)C1c1ccc(F)cc1. The number of hydrogen-bond acceptors (Lipinski definition) is 3. The van der Waals surface area contributed by atoms with E-state index < -0.39 is 17.8 Å². The maximum absolute atomic E-state index is 13.6. The average molecular weight is 339 g/mol. The number of nitrogens with one attached hydrogen (secondary N) is 1. The van der Waals surface area contributed by atoms with Crippen LogP contribution >= 0.6 is 0 Å². The van der Waals surface area contributed by atoms with Crippen LogP contribution in [0.5, 0.6) is 0 Å². The van der Waals surface area contributed by atoms with Crippen LogP contribution in [0, 0.1) is 11.6 Å². The predicted molar refractivity (Wildman–Crippen MR) is 89.4 cm³/mol. The van der Waals surface area contributed by atoms with Crippen LogP contribution in [0.3, 0.4) is 0 Å². The van der Waals surface area contributed by atoms with E-state index in [-0.39, 0.29) is 11.6 Å². The Kier molecular flexibility index (Phi) is 3.60. The van der Waals surface area contributed by atoms with Crippen molar-refractivity contribution in [2.45, 2.75) is 12.0 Å². The van der Waals surface area contributed by atoms with Crippen LogP contribution in [0.1, 0.15) is 33.7 Å². The number of benzene rings is 2. The fourth-order valence-electron chi connectivity index (χ4n) is 3.32. The normalized spacial score (nSPS) is 19.4. The first-order chi connectivity index (χ1) is 12.0. The summed E-state index contributed by atoms with van der Waals surface area (Å²) in [7, 11) is 1.83. The molecule has 2 heterocycles. The molecular weight excluding hydrogens is 324 g/mol. The summed E-state index contributed by atoms with van der Waals surface area (Å²) in [6.45, 7) is 0. The molecule has 4 nitrogen and oxygen atoms in total. The zero-order valence-electron chi connectivity index (χ0n) is 13.4. The highest BCUT2D eigenvalue weighted by Crippen LogP contribution is 2.42. The fourth-order valence-corrected chi connectivity index (χ4v) is 3.32. The Morgan fingerprint density at radius 3 is 2.48 bits per heavy atom. The van der Waals surface area contributed by atoms with E-state index in [1.54, 1.807) is 24.5 Å². The largest absolute Gasteiger partial charge is 0.374 e. The zero-order chi connectivity index (χ0) is 17.6. The third kappa shape index (κ3) is 2.59. The van der Waals surface area contributed by atoms with Crippen molar-refractivity contribution in [2.75, 3.05) is 5.32 Å². The summed E-state index contributed by atoms with van der Waals surface area (Å²) in [5.41, 5.74) is 1.54. The minimum atomic E-state index is -0.584. The lowest BCUT2D eigenvalue weighted by Crippen LogP contribution is -2.33. The van der Waals surface area contributed by atoms with Gasteiger partial charge in [-0.3, -0.25) is 4.79 Å². The summed E-state index contributed by atoms with van der Waals surface area (Å²) in [6, 6.07) is 9.44. The van der Waals surface area contributed by atoms with E-state index in [4.69, 9.17) is 0 Å². The Balaban J connectivity index is 1.88. The molecule has 1 aromatic heterocycles. The highest BCUT2D eigenvalue weighted by Gasteiger charge is 2.39. The number of nitrogens with zero attached hydrogens (tertiary/aromatic N) is 2. The highest BCUT2D eigenvalue weighted by molar-refractivity contribution is 6.07. The number of imidazole rings is 1. The number of aromatic nitrogens is 2. The van der Waals surface area contributed by atoms with Gasteiger partial charge in [-0.2, -0.15) is 0 Å². The van der Waals surface area contributed by atoms with Crippen molar-refractivity contribution in [1.29, 1.82) is 0 Å². The maximum Gasteiger partial charge on any atom is 0.174 e. The van der Waals surface area contributed by atoms with Gasteiger partial charge >= 0.3 is 0 Å². The van der Waals surface area contributed by atoms with Gasteiger partial charge in [-0.25, -0.2) is 13.8 Å². The molecular formula is C19H15F2N3O. The van der Waals surface area contributed by atoms with Crippen molar-refractivity contribution >= 4 is 11.5 Å². The fraction of sp³-hybridized carbons (Fsp3) is 0.158. The van der Waals surface area contributed by atoms with Crippen LogP contribution in [0.4, 0.5) is 14.5 Å². The number of Topliss-reactive ketones (excluding diaryl/α,β-unsaturated/α-hetero) is 1. The lowest BCUT2D eigenvalue weighted by Gasteiger charge is -2.33. The molecule has 4 rings (SSSR count). The molecule has 1 aliphatic rings. The molecule has 6 heteroatoms. The first-order valence-corrected chi connectivity index (χ1v) is 7.87. The Labute approximate surface area is 143 Å². The third-order valence-corrected chi connectivity index (χ3v) is 4.54. The molecule has 2 aromatic carbocycles. The number of ketones is 1. The highest BCUT2D eigenvalue weighted by atomic mass is 19.1. The lowest BCUT2D eigenvalue weighted by molar-refractivity contribution is 0.0943. The van der Waals surface area contributed by atoms with Gasteiger partial charge in [-0.1, -0.05) is 12.1 Å². The van der Waals surface area contributed by atoms with Gasteiger partial charge in [-0.15, -0.1) is 0 Å². The summed E-state index contributed by atoms with van der Waals surface area (Å²) < 4.78 is 28.7. The van der Waals surface area contributed by atoms with E-state index in [2.05, 4.69) is 10.3 Å². The van der Waals surface area contributed by atoms with Crippen LogP contribution in [0.2, 0.25) is 0 Å². The first-order valence-electron chi connectivity index (χ1n) is 7.87. The first kappa shape index (κ1) is 15.5. The molecule has 0 fully saturated rings. The van der Waals surface area contributed by atoms with Crippen LogP contribution in [0.25, 0.3) is 0 Å². The molecule has 0 bridgehead atoms. The molecule has 2 unspecified atom stereocenters. The Morgan fingerprint density at radius 2 is 1.80 bits per heavy atom. The van der Waals surface area contributed by atoms with E-state index in [9.17, 15) is 13.6 Å². The molecule has 2 atom stereocenters. The van der Waals surface area contributed by atoms with Gasteiger partial charge in [0.2, 0.25) is 0 Å². The molecule has 0 saturated carbocycles. The van der Waals surface area contributed by atoms with Gasteiger partial charge in [-0.05, 0) is 35.9 Å². The number of halogens is 2. The minimum absolute atomic E-state index is 0.145. The zero-order valence-corrected chi connectivity index (χ0v) is 13.4. The molecule has 3 aromatic rings. The smallest absolute Gasteiger partial charge is 0.174 e. The van der Waals surface area contributed by atoms with Gasteiger partial charge in [0.25, 0.3) is 0 Å². The number of anilines is 1. The molecule has 1 aliphatic heterocycles. The van der Waals surface area contributed by atoms with Crippen molar-refractivity contribution in [3.05, 3.63) is 83.4 Å². The third-order valence-electron chi connectivity index (χ3n) is 4.54. The van der Waals surface area contributed by atoms with E-state index in [0.717, 1.165) is 0 Å². The van der Waals surface area contributed by atoms with Crippen LogP contribution in [-0.4, -0.2) is 15.3 Å². The van der Waals surface area contributed by atoms with Crippen molar-refractivity contribution in [3.63, 3.8) is 0 Å². The summed E-state index contributed by atoms with van der Waals surface area (Å²) in [6.07, 6.45) is 3.43. The summed E-state index contributed by atoms with van der Waals surface area (Å²) >= 11 is 0. The number of aryl methyl sites for hydroxylation is 1. The second-order valence-electron chi connectivity index (χ2n) is 6.10. The standard InChI is InChI=1S/C19H15F2N3O/c1-24-9-8-22-19(24)17-16(11-2-4-12(20)5-3-11)18(25)14-7-6-13(21)10-15(14)23-17/h2-10,16-17,23H,1H3. The summed E-state index contributed by atoms with van der Waals surface area (Å²) in [5, 5.41) is 3.24. The predicted octanol–water partition coefficient (Wildman–Crippen LogP) is 3.83. The van der Waals surface area contributed by atoms with Gasteiger partial charge in [0, 0.05) is 30.7 Å². The van der Waals surface area contributed by atoms with E-state index in [1.807, 2.05) is 11.6 Å². The van der Waals surface area contributed by atoms with E-state index >= 15 is 0 Å². The second kappa shape index (κ2) is 5.81. The number of hydrogen-bond donors (Lipinski definition) is 1. The van der Waals surface area contributed by atoms with Gasteiger partial charge < -0.3 is 9.88 Å². The second-order valence-corrected chi connectivity index (χ2v) is 6.10. The number of rotatable bonds is 2. The van der Waals surface area contributed by atoms with Crippen LogP contribution in [0.15, 0.2) is 54.9 Å². The molecule has 0 aliphatic carbocycles. The Morgan fingerprint density at radius 1 is 1.08 bits per heavy atom. The Bertz CT molecular complexity index is 950. The molecule has 0 amide bonds. The van der Waals surface area contributed by atoms with Gasteiger partial charge in [0.05, 0.1) is 12.0 Å². The topological polar surface area (TPSA) is 46.9 Å². The maximum atomic E-state index is 13.6. The molecule has 0 saturated heterocycles. The quantitative estimate of drug-likeness (QED) is 0.772. The molecule has 126 valence electrons.